The fraction of sp³-hybridized carbons (Fsp3) is 0.127. The first kappa shape index (κ1) is 51.7. The van der Waals surface area contributed by atoms with Gasteiger partial charge >= 0.3 is 0 Å². The third-order valence-electron chi connectivity index (χ3n) is 13.0. The van der Waals surface area contributed by atoms with E-state index in [2.05, 4.69) is 207 Å². The van der Waals surface area contributed by atoms with Crippen LogP contribution in [-0.4, -0.2) is 30.1 Å². The summed E-state index contributed by atoms with van der Waals surface area (Å²) in [6.45, 7) is 15.0. The minimum atomic E-state index is 0. The van der Waals surface area contributed by atoms with E-state index < -0.39 is 0 Å². The van der Waals surface area contributed by atoms with Crippen LogP contribution in [-0.2, 0) is 41.2 Å². The Morgan fingerprint density at radius 3 is 1.66 bits per heavy atom. The number of unbranched alkanes of at least 4 members (excludes halogenated alkanes) is 1. The number of benzene rings is 7. The standard InChI is InChI=1S/C39H36N4.C24H16N4O.Ir.Pt/c1-29-25-30(2)39(31(3)26-29)32-19-21-34(22-20-32)43-28-41(36-16-8-10-18-38(36)43)24-12-11-23-40-27-42(33-13-5-4-6-14-33)37-17-9-7-15-35(37)40;1-27-17-28(24-11-3-2-10-23(24)27)18-7-6-8-19(15-18)29-20-12-14-26-22(16-20)21-9-4-5-13-25-21;;/h4-10,13,15-21,25-28H,11-12,23-24H2,1-3H3;2-8,10-14,17H,1H3;;/q2*-4;;. The summed E-state index contributed by atoms with van der Waals surface area (Å²) in [5.74, 6) is 1.15. The van der Waals surface area contributed by atoms with Gasteiger partial charge in [0.15, 0.2) is 0 Å². The molecule has 0 aliphatic carbocycles. The molecule has 0 spiro atoms. The smallest absolute Gasteiger partial charge is 0.0326 e. The molecule has 3 aliphatic rings. The minimum absolute atomic E-state index is 0. The molecule has 0 amide bonds. The van der Waals surface area contributed by atoms with E-state index in [4.69, 9.17) is 4.74 Å². The summed E-state index contributed by atoms with van der Waals surface area (Å²) >= 11 is 0. The minimum Gasteiger partial charge on any atom is -0.510 e. The van der Waals surface area contributed by atoms with Crippen LogP contribution in [0.4, 0.5) is 51.2 Å². The van der Waals surface area contributed by atoms with Crippen molar-refractivity contribution in [2.75, 3.05) is 49.5 Å². The Hall–Kier alpha value is -7.22. The first-order valence-electron chi connectivity index (χ1n) is 24.3. The molecule has 5 heterocycles. The summed E-state index contributed by atoms with van der Waals surface area (Å²) in [6.07, 6.45) is 5.54. The summed E-state index contributed by atoms with van der Waals surface area (Å²) in [4.78, 5) is 22.0. The van der Waals surface area contributed by atoms with Gasteiger partial charge in [0.05, 0.1) is 0 Å². The van der Waals surface area contributed by atoms with E-state index in [1.54, 1.807) is 24.5 Å². The number of aryl methyl sites for hydroxylation is 3. The third kappa shape index (κ3) is 11.0. The van der Waals surface area contributed by atoms with Crippen LogP contribution in [0, 0.1) is 71.1 Å². The summed E-state index contributed by atoms with van der Waals surface area (Å²) in [5, 5.41) is 0. The zero-order valence-electron chi connectivity index (χ0n) is 41.4. The van der Waals surface area contributed by atoms with E-state index in [0.29, 0.717) is 22.9 Å². The van der Waals surface area contributed by atoms with Gasteiger partial charge in [0.2, 0.25) is 0 Å². The molecular weight excluding hydrogens is 1270 g/mol. The van der Waals surface area contributed by atoms with Crippen LogP contribution in [0.3, 0.4) is 0 Å². The summed E-state index contributed by atoms with van der Waals surface area (Å²) < 4.78 is 6.01. The van der Waals surface area contributed by atoms with Crippen LogP contribution in [0.1, 0.15) is 29.5 Å². The molecule has 0 unspecified atom stereocenters. The zero-order valence-corrected chi connectivity index (χ0v) is 46.1. The Morgan fingerprint density at radius 1 is 0.500 bits per heavy atom. The Morgan fingerprint density at radius 2 is 1.05 bits per heavy atom. The molecule has 12 rings (SSSR count). The van der Waals surface area contributed by atoms with Gasteiger partial charge < -0.3 is 44.1 Å². The van der Waals surface area contributed by atoms with E-state index in [1.807, 2.05) is 62.2 Å². The summed E-state index contributed by atoms with van der Waals surface area (Å²) in [5.41, 5.74) is 17.8. The number of pyridine rings is 2. The van der Waals surface area contributed by atoms with E-state index >= 15 is 0 Å². The Bertz CT molecular complexity index is 3300. The van der Waals surface area contributed by atoms with Crippen molar-refractivity contribution in [1.82, 2.24) is 9.97 Å². The number of rotatable bonds is 12. The monoisotopic (exact) mass is 1320 g/mol. The van der Waals surface area contributed by atoms with Crippen molar-refractivity contribution in [3.63, 3.8) is 0 Å². The summed E-state index contributed by atoms with van der Waals surface area (Å²) in [6, 6.07) is 72.5. The Kier molecular flexibility index (Phi) is 16.3. The second kappa shape index (κ2) is 23.3. The van der Waals surface area contributed by atoms with Gasteiger partial charge in [0.25, 0.3) is 0 Å². The molecule has 0 saturated carbocycles. The molecule has 0 atom stereocenters. The normalized spacial score (nSPS) is 13.1. The number of para-hydroxylation sites is 7. The molecule has 7 aromatic carbocycles. The van der Waals surface area contributed by atoms with Crippen LogP contribution >= 0.6 is 0 Å². The van der Waals surface area contributed by atoms with Crippen LogP contribution < -0.4 is 34.1 Å². The van der Waals surface area contributed by atoms with Gasteiger partial charge in [-0.1, -0.05) is 70.8 Å². The first-order chi connectivity index (χ1) is 35.3. The second-order valence-electron chi connectivity index (χ2n) is 18.0. The number of anilines is 9. The fourth-order valence-corrected chi connectivity index (χ4v) is 9.76. The van der Waals surface area contributed by atoms with Crippen molar-refractivity contribution in [1.29, 1.82) is 0 Å². The fourth-order valence-electron chi connectivity index (χ4n) is 9.76. The molecule has 2 aromatic heterocycles. The number of nitrogens with zero attached hydrogens (tertiary/aromatic N) is 8. The van der Waals surface area contributed by atoms with Gasteiger partial charge in [0.1, 0.15) is 0 Å². The van der Waals surface area contributed by atoms with Crippen molar-refractivity contribution < 1.29 is 45.9 Å². The molecule has 0 N–H and O–H groups in total. The van der Waals surface area contributed by atoms with Crippen LogP contribution in [0.5, 0.6) is 11.5 Å². The molecule has 377 valence electrons. The molecule has 3 aliphatic heterocycles. The number of fused-ring (bicyclic) bond motifs is 3. The topological polar surface area (TPSA) is 54.5 Å². The average Bonchev–Trinajstić information content (AvgIpc) is 4.09. The van der Waals surface area contributed by atoms with Gasteiger partial charge in [-0.25, -0.2) is 6.07 Å². The molecule has 9 aromatic rings. The Balaban J connectivity index is 0.000000190. The van der Waals surface area contributed by atoms with Gasteiger partial charge in [-0.3, -0.25) is 0 Å². The van der Waals surface area contributed by atoms with E-state index in [0.717, 1.165) is 54.4 Å². The van der Waals surface area contributed by atoms with Crippen molar-refractivity contribution in [2.24, 2.45) is 0 Å². The van der Waals surface area contributed by atoms with Crippen molar-refractivity contribution in [3.8, 4) is 34.0 Å². The van der Waals surface area contributed by atoms with Gasteiger partial charge in [-0.05, 0) is 103 Å². The Labute approximate surface area is 464 Å². The molecular formula is C63H52IrN8OPt-8. The number of ether oxygens (including phenoxy) is 1. The molecule has 74 heavy (non-hydrogen) atoms. The average molecular weight is 1320 g/mol. The number of hydrogen-bond acceptors (Lipinski definition) is 9. The molecule has 9 nitrogen and oxygen atoms in total. The number of aromatic nitrogens is 2. The van der Waals surface area contributed by atoms with Crippen LogP contribution in [0.25, 0.3) is 22.5 Å². The molecule has 0 saturated heterocycles. The largest absolute Gasteiger partial charge is 0.510 e. The van der Waals surface area contributed by atoms with Crippen molar-refractivity contribution in [3.05, 3.63) is 243 Å². The first-order valence-corrected chi connectivity index (χ1v) is 24.3. The third-order valence-corrected chi connectivity index (χ3v) is 13.0. The quantitative estimate of drug-likeness (QED) is 0.0879. The maximum absolute atomic E-state index is 6.01. The van der Waals surface area contributed by atoms with Crippen LogP contribution in [0.2, 0.25) is 0 Å². The SMILES string of the molecule is CN1[CH-]N(c2[c-]c(Oc3[c-]c(-c4[c-]cccn4)ncc3)ccc2)c2ccccc21.Cc1cc(C)c(-c2c[c-]c(N3[CH-]N(CCCCN4[CH-]N(c5[c-]cccc5)c5ccccc54)c4ccccc43)cc2)c(C)c1.[Ir].[Pt]. The molecule has 1 radical (unpaired) electrons. The van der Waals surface area contributed by atoms with Gasteiger partial charge in [-0.15, -0.1) is 70.4 Å². The maximum atomic E-state index is 6.01. The second-order valence-corrected chi connectivity index (χ2v) is 18.0. The van der Waals surface area contributed by atoms with E-state index in [1.165, 1.54) is 50.6 Å². The van der Waals surface area contributed by atoms with Gasteiger partial charge in [0, 0.05) is 86.8 Å². The van der Waals surface area contributed by atoms with Gasteiger partial charge in [-0.2, -0.15) is 86.7 Å². The van der Waals surface area contributed by atoms with Crippen molar-refractivity contribution >= 4 is 51.2 Å². The zero-order chi connectivity index (χ0) is 49.0. The number of hydrogen-bond donors (Lipinski definition) is 0. The molecule has 0 fully saturated rings. The maximum Gasteiger partial charge on any atom is 0.0326 e. The molecule has 11 heteroatoms. The van der Waals surface area contributed by atoms with E-state index in [9.17, 15) is 0 Å². The van der Waals surface area contributed by atoms with E-state index in [-0.39, 0.29) is 41.2 Å². The van der Waals surface area contributed by atoms with Crippen molar-refractivity contribution in [2.45, 2.75) is 33.6 Å². The van der Waals surface area contributed by atoms with Crippen LogP contribution in [0.15, 0.2) is 176 Å². The predicted molar refractivity (Wildman–Crippen MR) is 292 cm³/mol. The molecule has 0 bridgehead atoms. The predicted octanol–water partition coefficient (Wildman–Crippen LogP) is 14.6. The summed E-state index contributed by atoms with van der Waals surface area (Å²) in [7, 11) is 2.03.